The molecule has 2 N–H and O–H groups in total. The van der Waals surface area contributed by atoms with Gasteiger partial charge in [-0.15, -0.1) is 0 Å². The zero-order valence-corrected chi connectivity index (χ0v) is 18.0. The van der Waals surface area contributed by atoms with Gasteiger partial charge < -0.3 is 10.2 Å². The van der Waals surface area contributed by atoms with Crippen LogP contribution in [0.2, 0.25) is 0 Å². The molecule has 1 atom stereocenters. The van der Waals surface area contributed by atoms with Crippen LogP contribution in [0.25, 0.3) is 0 Å². The Labute approximate surface area is 174 Å². The third kappa shape index (κ3) is 7.78. The van der Waals surface area contributed by atoms with Crippen molar-refractivity contribution in [3.63, 3.8) is 0 Å². The lowest BCUT2D eigenvalue weighted by atomic mass is 9.96. The van der Waals surface area contributed by atoms with Crippen molar-refractivity contribution in [3.8, 4) is 0 Å². The van der Waals surface area contributed by atoms with E-state index in [0.717, 1.165) is 32.1 Å². The van der Waals surface area contributed by atoms with Gasteiger partial charge in [-0.2, -0.15) is 0 Å². The summed E-state index contributed by atoms with van der Waals surface area (Å²) in [6.45, 7) is 3.90. The van der Waals surface area contributed by atoms with Crippen LogP contribution in [0.4, 0.5) is 0 Å². The normalized spacial score (nSPS) is 17.1. The number of piperidine rings is 1. The van der Waals surface area contributed by atoms with Gasteiger partial charge in [0, 0.05) is 32.6 Å². The topological polar surface area (TPSA) is 95.6 Å². The minimum atomic E-state index is -3.61. The lowest BCUT2D eigenvalue weighted by Gasteiger charge is -2.32. The van der Waals surface area contributed by atoms with E-state index in [9.17, 15) is 18.0 Å². The number of rotatable bonds is 11. The molecular weight excluding hydrogens is 390 g/mol. The summed E-state index contributed by atoms with van der Waals surface area (Å²) < 4.78 is 26.9. The van der Waals surface area contributed by atoms with Crippen molar-refractivity contribution >= 4 is 21.8 Å². The van der Waals surface area contributed by atoms with Crippen LogP contribution in [-0.2, 0) is 19.6 Å². The number of nitrogens with zero attached hydrogens (tertiary/aromatic N) is 1. The van der Waals surface area contributed by atoms with Crippen molar-refractivity contribution < 1.29 is 18.0 Å². The van der Waals surface area contributed by atoms with Crippen LogP contribution in [0.1, 0.15) is 51.9 Å². The summed E-state index contributed by atoms with van der Waals surface area (Å²) in [6.07, 6.45) is 6.09. The number of carbonyl (C=O) groups excluding carboxylic acids is 2. The third-order valence-electron chi connectivity index (χ3n) is 5.16. The highest BCUT2D eigenvalue weighted by molar-refractivity contribution is 7.89. The van der Waals surface area contributed by atoms with E-state index in [0.29, 0.717) is 19.6 Å². The average Bonchev–Trinajstić information content (AvgIpc) is 2.74. The molecular formula is C21H33N3O4S. The van der Waals surface area contributed by atoms with E-state index in [1.165, 1.54) is 18.6 Å². The molecule has 1 aromatic carbocycles. The number of likely N-dealkylation sites (tertiary alicyclic amines) is 1. The molecule has 1 fully saturated rings. The maximum absolute atomic E-state index is 12.5. The predicted octanol–water partition coefficient (Wildman–Crippen LogP) is 2.29. The van der Waals surface area contributed by atoms with E-state index in [-0.39, 0.29) is 35.6 Å². The second kappa shape index (κ2) is 11.9. The van der Waals surface area contributed by atoms with E-state index < -0.39 is 10.0 Å². The molecule has 1 aliphatic rings. The van der Waals surface area contributed by atoms with Crippen LogP contribution < -0.4 is 10.0 Å². The van der Waals surface area contributed by atoms with Crippen LogP contribution in [-0.4, -0.2) is 51.3 Å². The molecule has 7 nitrogen and oxygen atoms in total. The molecule has 0 spiro atoms. The van der Waals surface area contributed by atoms with Gasteiger partial charge in [-0.05, 0) is 31.4 Å². The summed E-state index contributed by atoms with van der Waals surface area (Å²) in [4.78, 5) is 26.7. The lowest BCUT2D eigenvalue weighted by Crippen LogP contribution is -2.46. The second-order valence-electron chi connectivity index (χ2n) is 7.49. The fourth-order valence-corrected chi connectivity index (χ4v) is 4.51. The van der Waals surface area contributed by atoms with Gasteiger partial charge in [-0.25, -0.2) is 13.1 Å². The Kier molecular flexibility index (Phi) is 9.60. The van der Waals surface area contributed by atoms with Gasteiger partial charge in [0.25, 0.3) is 0 Å². The third-order valence-corrected chi connectivity index (χ3v) is 6.64. The molecule has 8 heteroatoms. The molecule has 2 amide bonds. The molecule has 2 rings (SSSR count). The number of nitrogens with one attached hydrogen (secondary N) is 2. The Bertz CT molecular complexity index is 752. The standard InChI is InChI=1S/C21H33N3O4S/c1-2-3-4-8-14-22-21(26)18-10-9-16-24(17-18)20(25)13-15-23-29(27,28)19-11-6-5-7-12-19/h5-7,11-12,18,23H,2-4,8-10,13-17H2,1H3,(H,22,26). The van der Waals surface area contributed by atoms with E-state index in [1.54, 1.807) is 23.1 Å². The molecule has 162 valence electrons. The second-order valence-corrected chi connectivity index (χ2v) is 9.26. The number of amides is 2. The summed E-state index contributed by atoms with van der Waals surface area (Å²) in [7, 11) is -3.61. The molecule has 1 heterocycles. The molecule has 0 radical (unpaired) electrons. The highest BCUT2D eigenvalue weighted by Crippen LogP contribution is 2.17. The highest BCUT2D eigenvalue weighted by atomic mass is 32.2. The van der Waals surface area contributed by atoms with Gasteiger partial charge >= 0.3 is 0 Å². The summed E-state index contributed by atoms with van der Waals surface area (Å²) in [5.41, 5.74) is 0. The molecule has 29 heavy (non-hydrogen) atoms. The van der Waals surface area contributed by atoms with Crippen LogP contribution in [0, 0.1) is 5.92 Å². The number of hydrogen-bond donors (Lipinski definition) is 2. The first-order chi connectivity index (χ1) is 13.9. The Morgan fingerprint density at radius 1 is 1.10 bits per heavy atom. The first kappa shape index (κ1) is 23.3. The molecule has 0 aliphatic carbocycles. The first-order valence-electron chi connectivity index (χ1n) is 10.5. The smallest absolute Gasteiger partial charge is 0.240 e. The van der Waals surface area contributed by atoms with Gasteiger partial charge in [0.15, 0.2) is 0 Å². The van der Waals surface area contributed by atoms with Gasteiger partial charge in [-0.1, -0.05) is 44.4 Å². The summed E-state index contributed by atoms with van der Waals surface area (Å²) in [6, 6.07) is 8.09. The zero-order valence-electron chi connectivity index (χ0n) is 17.2. The number of sulfonamides is 1. The van der Waals surface area contributed by atoms with Crippen LogP contribution in [0.15, 0.2) is 35.2 Å². The van der Waals surface area contributed by atoms with Crippen LogP contribution in [0.3, 0.4) is 0 Å². The van der Waals surface area contributed by atoms with Gasteiger partial charge in [0.05, 0.1) is 10.8 Å². The van der Waals surface area contributed by atoms with Crippen molar-refractivity contribution in [1.82, 2.24) is 14.9 Å². The lowest BCUT2D eigenvalue weighted by molar-refractivity contribution is -0.135. The first-order valence-corrected chi connectivity index (χ1v) is 12.0. The van der Waals surface area contributed by atoms with E-state index in [4.69, 9.17) is 0 Å². The van der Waals surface area contributed by atoms with Crippen molar-refractivity contribution in [2.24, 2.45) is 5.92 Å². The highest BCUT2D eigenvalue weighted by Gasteiger charge is 2.28. The van der Waals surface area contributed by atoms with E-state index in [2.05, 4.69) is 17.0 Å². The maximum Gasteiger partial charge on any atom is 0.240 e. The minimum Gasteiger partial charge on any atom is -0.356 e. The largest absolute Gasteiger partial charge is 0.356 e. The maximum atomic E-state index is 12.5. The molecule has 1 saturated heterocycles. The van der Waals surface area contributed by atoms with Crippen LogP contribution in [0.5, 0.6) is 0 Å². The Morgan fingerprint density at radius 2 is 1.86 bits per heavy atom. The van der Waals surface area contributed by atoms with Gasteiger partial charge in [0.2, 0.25) is 21.8 Å². The van der Waals surface area contributed by atoms with Crippen molar-refractivity contribution in [2.75, 3.05) is 26.2 Å². The van der Waals surface area contributed by atoms with Crippen molar-refractivity contribution in [2.45, 2.75) is 56.8 Å². The summed E-state index contributed by atoms with van der Waals surface area (Å²) in [5, 5.41) is 2.98. The van der Waals surface area contributed by atoms with Crippen LogP contribution >= 0.6 is 0 Å². The predicted molar refractivity (Wildman–Crippen MR) is 113 cm³/mol. The van der Waals surface area contributed by atoms with Gasteiger partial charge in [0.1, 0.15) is 0 Å². The summed E-state index contributed by atoms with van der Waals surface area (Å²) >= 11 is 0. The number of carbonyl (C=O) groups is 2. The SMILES string of the molecule is CCCCCCNC(=O)C1CCCN(C(=O)CCNS(=O)(=O)c2ccccc2)C1. The molecule has 0 aromatic heterocycles. The fourth-order valence-electron chi connectivity index (χ4n) is 3.46. The Hall–Kier alpha value is -1.93. The number of benzene rings is 1. The minimum absolute atomic E-state index is 0.0174. The van der Waals surface area contributed by atoms with E-state index in [1.807, 2.05) is 0 Å². The molecule has 0 bridgehead atoms. The zero-order chi connectivity index (χ0) is 21.1. The quantitative estimate of drug-likeness (QED) is 0.534. The Balaban J connectivity index is 1.74. The molecule has 1 aliphatic heterocycles. The molecule has 1 aromatic rings. The van der Waals surface area contributed by atoms with Crippen molar-refractivity contribution in [3.05, 3.63) is 30.3 Å². The van der Waals surface area contributed by atoms with E-state index >= 15 is 0 Å². The summed E-state index contributed by atoms with van der Waals surface area (Å²) in [5.74, 6) is -0.287. The monoisotopic (exact) mass is 423 g/mol. The Morgan fingerprint density at radius 3 is 2.59 bits per heavy atom. The molecule has 0 saturated carbocycles. The molecule has 1 unspecified atom stereocenters. The number of unbranched alkanes of at least 4 members (excludes halogenated alkanes) is 3. The van der Waals surface area contributed by atoms with Crippen molar-refractivity contribution in [1.29, 1.82) is 0 Å². The number of hydrogen-bond acceptors (Lipinski definition) is 4. The average molecular weight is 424 g/mol. The van der Waals surface area contributed by atoms with Gasteiger partial charge in [-0.3, -0.25) is 9.59 Å². The fraction of sp³-hybridized carbons (Fsp3) is 0.619.